The summed E-state index contributed by atoms with van der Waals surface area (Å²) in [5.74, 6) is -0.104. The molecule has 0 saturated carbocycles. The fourth-order valence-corrected chi connectivity index (χ4v) is 4.01. The molecule has 1 aliphatic heterocycles. The lowest BCUT2D eigenvalue weighted by Gasteiger charge is -2.28. The highest BCUT2D eigenvalue weighted by Crippen LogP contribution is 2.40. The quantitative estimate of drug-likeness (QED) is 0.755. The second-order valence-electron chi connectivity index (χ2n) is 6.78. The second-order valence-corrected chi connectivity index (χ2v) is 6.78. The van der Waals surface area contributed by atoms with Crippen LogP contribution < -0.4 is 0 Å². The van der Waals surface area contributed by atoms with Gasteiger partial charge in [-0.25, -0.2) is 0 Å². The highest BCUT2D eigenvalue weighted by molar-refractivity contribution is 6.02. The van der Waals surface area contributed by atoms with Gasteiger partial charge in [-0.2, -0.15) is 0 Å². The average Bonchev–Trinajstić information content (AvgIpc) is 3.23. The normalized spacial score (nSPS) is 16.0. The predicted molar refractivity (Wildman–Crippen MR) is 106 cm³/mol. The first-order valence-corrected chi connectivity index (χ1v) is 9.39. The Morgan fingerprint density at radius 3 is 2.52 bits per heavy atom. The Kier molecular flexibility index (Phi) is 4.44. The number of aromatic amines is 1. The highest BCUT2D eigenvalue weighted by Gasteiger charge is 2.39. The van der Waals surface area contributed by atoms with Crippen molar-refractivity contribution in [3.63, 3.8) is 0 Å². The summed E-state index contributed by atoms with van der Waals surface area (Å²) >= 11 is 0. The lowest BCUT2D eigenvalue weighted by atomic mass is 9.97. The molecule has 2 amide bonds. The maximum Gasteiger partial charge on any atom is 0.255 e. The van der Waals surface area contributed by atoms with Crippen LogP contribution in [0.2, 0.25) is 0 Å². The molecule has 1 aromatic heterocycles. The molecule has 0 bridgehead atoms. The molecule has 2 aromatic carbocycles. The zero-order valence-corrected chi connectivity index (χ0v) is 15.6. The minimum absolute atomic E-state index is 0.0222. The van der Waals surface area contributed by atoms with Crippen molar-refractivity contribution >= 4 is 22.7 Å². The van der Waals surface area contributed by atoms with Gasteiger partial charge in [-0.05, 0) is 31.5 Å². The van der Waals surface area contributed by atoms with E-state index in [1.54, 1.807) is 9.80 Å². The molecule has 1 atom stereocenters. The molecular formula is C22H23N3O2. The van der Waals surface area contributed by atoms with E-state index in [2.05, 4.69) is 11.1 Å². The van der Waals surface area contributed by atoms with Crippen LogP contribution in [0.3, 0.4) is 0 Å². The smallest absolute Gasteiger partial charge is 0.255 e. The standard InChI is InChI=1S/C22H23N3O2/c1-3-24(4-2)20(26)14-25-21(16-10-5-6-11-17(16)22(25)27)18-13-23-19-12-8-7-9-15(18)19/h5-13,21,23H,3-4,14H2,1-2H3/t21-/m1/s1. The first-order chi connectivity index (χ1) is 13.2. The molecule has 1 N–H and O–H groups in total. The summed E-state index contributed by atoms with van der Waals surface area (Å²) in [6.45, 7) is 5.28. The van der Waals surface area contributed by atoms with E-state index in [-0.39, 0.29) is 24.4 Å². The Labute approximate surface area is 158 Å². The van der Waals surface area contributed by atoms with Gasteiger partial charge in [-0.1, -0.05) is 36.4 Å². The lowest BCUT2D eigenvalue weighted by molar-refractivity contribution is -0.131. The minimum Gasteiger partial charge on any atom is -0.361 e. The van der Waals surface area contributed by atoms with Gasteiger partial charge in [0.25, 0.3) is 5.91 Å². The third-order valence-electron chi connectivity index (χ3n) is 5.40. The number of hydrogen-bond donors (Lipinski definition) is 1. The fraction of sp³-hybridized carbons (Fsp3) is 0.273. The zero-order chi connectivity index (χ0) is 19.0. The van der Waals surface area contributed by atoms with Gasteiger partial charge in [0.1, 0.15) is 6.54 Å². The molecule has 0 spiro atoms. The Hall–Kier alpha value is -3.08. The van der Waals surface area contributed by atoms with E-state index >= 15 is 0 Å². The van der Waals surface area contributed by atoms with Gasteiger partial charge in [0, 0.05) is 41.3 Å². The van der Waals surface area contributed by atoms with E-state index in [0.29, 0.717) is 18.7 Å². The summed E-state index contributed by atoms with van der Waals surface area (Å²) in [4.78, 5) is 32.7. The number of amides is 2. The lowest BCUT2D eigenvalue weighted by Crippen LogP contribution is -2.41. The van der Waals surface area contributed by atoms with Crippen LogP contribution in [0.25, 0.3) is 10.9 Å². The van der Waals surface area contributed by atoms with E-state index in [1.807, 2.05) is 62.5 Å². The molecule has 138 valence electrons. The number of nitrogens with one attached hydrogen (secondary N) is 1. The minimum atomic E-state index is -0.260. The Bertz CT molecular complexity index is 1000. The summed E-state index contributed by atoms with van der Waals surface area (Å²) in [5, 5.41) is 1.08. The molecule has 0 fully saturated rings. The van der Waals surface area contributed by atoms with Crippen molar-refractivity contribution in [2.45, 2.75) is 19.9 Å². The number of aromatic nitrogens is 1. The van der Waals surface area contributed by atoms with Crippen molar-refractivity contribution in [1.29, 1.82) is 0 Å². The van der Waals surface area contributed by atoms with Crippen molar-refractivity contribution in [3.05, 3.63) is 71.4 Å². The summed E-state index contributed by atoms with van der Waals surface area (Å²) < 4.78 is 0. The Morgan fingerprint density at radius 1 is 1.04 bits per heavy atom. The topological polar surface area (TPSA) is 56.4 Å². The number of nitrogens with zero attached hydrogens (tertiary/aromatic N) is 2. The first-order valence-electron chi connectivity index (χ1n) is 9.39. The number of rotatable bonds is 5. The number of carbonyl (C=O) groups is 2. The summed E-state index contributed by atoms with van der Waals surface area (Å²) in [6.07, 6.45) is 1.96. The van der Waals surface area contributed by atoms with Crippen LogP contribution in [0.4, 0.5) is 0 Å². The summed E-state index contributed by atoms with van der Waals surface area (Å²) in [7, 11) is 0. The van der Waals surface area contributed by atoms with Crippen molar-refractivity contribution < 1.29 is 9.59 Å². The molecule has 5 heteroatoms. The molecule has 0 aliphatic carbocycles. The predicted octanol–water partition coefficient (Wildman–Crippen LogP) is 3.58. The molecule has 1 aliphatic rings. The van der Waals surface area contributed by atoms with E-state index in [9.17, 15) is 9.59 Å². The molecule has 5 nitrogen and oxygen atoms in total. The van der Waals surface area contributed by atoms with Crippen LogP contribution in [-0.2, 0) is 4.79 Å². The maximum atomic E-state index is 13.1. The van der Waals surface area contributed by atoms with Gasteiger partial charge in [-0.3, -0.25) is 9.59 Å². The van der Waals surface area contributed by atoms with Gasteiger partial charge in [0.05, 0.1) is 6.04 Å². The molecule has 0 saturated heterocycles. The molecule has 2 heterocycles. The van der Waals surface area contributed by atoms with E-state index in [4.69, 9.17) is 0 Å². The monoisotopic (exact) mass is 361 g/mol. The van der Waals surface area contributed by atoms with Crippen molar-refractivity contribution in [3.8, 4) is 0 Å². The van der Waals surface area contributed by atoms with E-state index < -0.39 is 0 Å². The molecule has 0 unspecified atom stereocenters. The largest absolute Gasteiger partial charge is 0.361 e. The maximum absolute atomic E-state index is 13.1. The first kappa shape index (κ1) is 17.3. The van der Waals surface area contributed by atoms with Crippen LogP contribution in [0.15, 0.2) is 54.7 Å². The fourth-order valence-electron chi connectivity index (χ4n) is 4.01. The van der Waals surface area contributed by atoms with Crippen LogP contribution in [-0.4, -0.2) is 46.2 Å². The summed E-state index contributed by atoms with van der Waals surface area (Å²) in [6, 6.07) is 15.4. The molecule has 0 radical (unpaired) electrons. The Morgan fingerprint density at radius 2 is 1.74 bits per heavy atom. The average molecular weight is 361 g/mol. The van der Waals surface area contributed by atoms with Gasteiger partial charge >= 0.3 is 0 Å². The van der Waals surface area contributed by atoms with Gasteiger partial charge in [0.15, 0.2) is 0 Å². The Balaban J connectivity index is 1.80. The van der Waals surface area contributed by atoms with Gasteiger partial charge < -0.3 is 14.8 Å². The zero-order valence-electron chi connectivity index (χ0n) is 15.6. The number of carbonyl (C=O) groups excluding carboxylic acids is 2. The van der Waals surface area contributed by atoms with Crippen LogP contribution in [0.1, 0.15) is 41.4 Å². The van der Waals surface area contributed by atoms with Gasteiger partial charge in [-0.15, -0.1) is 0 Å². The number of likely N-dealkylation sites (N-methyl/N-ethyl adjacent to an activating group) is 1. The highest BCUT2D eigenvalue weighted by atomic mass is 16.2. The van der Waals surface area contributed by atoms with E-state index in [1.165, 1.54) is 0 Å². The molecule has 27 heavy (non-hydrogen) atoms. The van der Waals surface area contributed by atoms with Gasteiger partial charge in [0.2, 0.25) is 5.91 Å². The van der Waals surface area contributed by atoms with Crippen molar-refractivity contribution in [2.75, 3.05) is 19.6 Å². The number of hydrogen-bond acceptors (Lipinski definition) is 2. The third kappa shape index (κ3) is 2.79. The number of H-pyrrole nitrogens is 1. The van der Waals surface area contributed by atoms with Crippen LogP contribution in [0, 0.1) is 0 Å². The second kappa shape index (κ2) is 6.91. The number of fused-ring (bicyclic) bond motifs is 2. The molecular weight excluding hydrogens is 338 g/mol. The van der Waals surface area contributed by atoms with E-state index in [0.717, 1.165) is 22.0 Å². The van der Waals surface area contributed by atoms with Crippen molar-refractivity contribution in [2.24, 2.45) is 0 Å². The molecule has 4 rings (SSSR count). The van der Waals surface area contributed by atoms with Crippen LogP contribution >= 0.6 is 0 Å². The van der Waals surface area contributed by atoms with Crippen LogP contribution in [0.5, 0.6) is 0 Å². The third-order valence-corrected chi connectivity index (χ3v) is 5.40. The molecule has 3 aromatic rings. The van der Waals surface area contributed by atoms with Crippen molar-refractivity contribution in [1.82, 2.24) is 14.8 Å². The number of para-hydroxylation sites is 1. The summed E-state index contributed by atoms with van der Waals surface area (Å²) in [5.41, 5.74) is 3.69. The number of benzene rings is 2. The SMILES string of the molecule is CCN(CC)C(=O)CN1C(=O)c2ccccc2[C@@H]1c1c[nH]c2ccccc12.